The molecule has 4 nitrogen and oxygen atoms in total. The van der Waals surface area contributed by atoms with Crippen molar-refractivity contribution in [2.75, 3.05) is 39.4 Å². The monoisotopic (exact) mass is 392 g/mol. The van der Waals surface area contributed by atoms with Crippen LogP contribution < -0.4 is 0 Å². The zero-order chi connectivity index (χ0) is 20.1. The fraction of sp³-hybridized carbons (Fsp3) is 0.480. The largest absolute Gasteiger partial charge is 0.379 e. The highest BCUT2D eigenvalue weighted by Gasteiger charge is 2.46. The summed E-state index contributed by atoms with van der Waals surface area (Å²) in [4.78, 5) is 18.7. The fourth-order valence-electron chi connectivity index (χ4n) is 4.96. The van der Waals surface area contributed by atoms with Gasteiger partial charge in [-0.15, -0.1) is 0 Å². The number of amides is 1. The Labute approximate surface area is 174 Å². The van der Waals surface area contributed by atoms with Gasteiger partial charge in [0.25, 0.3) is 0 Å². The van der Waals surface area contributed by atoms with Gasteiger partial charge in [0.05, 0.1) is 13.2 Å². The zero-order valence-electron chi connectivity index (χ0n) is 17.4. The Kier molecular flexibility index (Phi) is 6.31. The van der Waals surface area contributed by atoms with E-state index in [1.807, 2.05) is 12.1 Å². The van der Waals surface area contributed by atoms with Crippen LogP contribution in [0.1, 0.15) is 37.3 Å². The molecule has 1 amide bonds. The molecule has 2 heterocycles. The molecule has 0 saturated carbocycles. The summed E-state index contributed by atoms with van der Waals surface area (Å²) in [7, 11) is 0. The minimum Gasteiger partial charge on any atom is -0.379 e. The third kappa shape index (κ3) is 4.10. The molecule has 0 aliphatic carbocycles. The molecule has 0 radical (unpaired) electrons. The van der Waals surface area contributed by atoms with Crippen molar-refractivity contribution in [3.05, 3.63) is 71.8 Å². The number of ether oxygens (including phenoxy) is 1. The fourth-order valence-corrected chi connectivity index (χ4v) is 4.96. The molecular weight excluding hydrogens is 360 g/mol. The van der Waals surface area contributed by atoms with E-state index in [2.05, 4.69) is 65.3 Å². The van der Waals surface area contributed by atoms with Gasteiger partial charge in [-0.3, -0.25) is 9.69 Å². The van der Waals surface area contributed by atoms with Gasteiger partial charge in [0.1, 0.15) is 5.41 Å². The molecule has 154 valence electrons. The van der Waals surface area contributed by atoms with Gasteiger partial charge in [-0.2, -0.15) is 0 Å². The third-order valence-electron chi connectivity index (χ3n) is 6.56. The van der Waals surface area contributed by atoms with E-state index in [1.165, 1.54) is 0 Å². The van der Waals surface area contributed by atoms with E-state index < -0.39 is 5.41 Å². The molecule has 0 spiro atoms. The summed E-state index contributed by atoms with van der Waals surface area (Å²) < 4.78 is 5.56. The van der Waals surface area contributed by atoms with Gasteiger partial charge in [-0.25, -0.2) is 0 Å². The summed E-state index contributed by atoms with van der Waals surface area (Å²) in [5.74, 6) is 0.257. The first-order valence-electron chi connectivity index (χ1n) is 10.9. The SMILES string of the molecule is CC(CC(C(=O)N1CCCC1)(c1ccccc1)c1ccccc1)N1CCOCC1. The minimum atomic E-state index is -0.662. The van der Waals surface area contributed by atoms with Gasteiger partial charge in [-0.1, -0.05) is 60.7 Å². The molecule has 0 bridgehead atoms. The van der Waals surface area contributed by atoms with E-state index >= 15 is 0 Å². The van der Waals surface area contributed by atoms with Crippen LogP contribution in [0.5, 0.6) is 0 Å². The maximum absolute atomic E-state index is 14.2. The Bertz CT molecular complexity index is 741. The highest BCUT2D eigenvalue weighted by atomic mass is 16.5. The highest BCUT2D eigenvalue weighted by Crippen LogP contribution is 2.40. The number of hydrogen-bond donors (Lipinski definition) is 0. The van der Waals surface area contributed by atoms with Crippen molar-refractivity contribution < 1.29 is 9.53 Å². The van der Waals surface area contributed by atoms with E-state index in [0.29, 0.717) is 0 Å². The van der Waals surface area contributed by atoms with Crippen LogP contribution in [0.3, 0.4) is 0 Å². The highest BCUT2D eigenvalue weighted by molar-refractivity contribution is 5.92. The van der Waals surface area contributed by atoms with Gasteiger partial charge < -0.3 is 9.64 Å². The summed E-state index contributed by atoms with van der Waals surface area (Å²) in [5.41, 5.74) is 1.54. The first kappa shape index (κ1) is 20.1. The van der Waals surface area contributed by atoms with Gasteiger partial charge in [0.15, 0.2) is 0 Å². The minimum absolute atomic E-state index is 0.257. The van der Waals surface area contributed by atoms with Crippen molar-refractivity contribution in [2.45, 2.75) is 37.6 Å². The molecule has 2 aromatic carbocycles. The van der Waals surface area contributed by atoms with Gasteiger partial charge >= 0.3 is 0 Å². The molecule has 0 aromatic heterocycles. The first-order chi connectivity index (χ1) is 14.2. The number of morpholine rings is 1. The lowest BCUT2D eigenvalue weighted by Gasteiger charge is -2.42. The molecule has 4 heteroatoms. The predicted octanol–water partition coefficient (Wildman–Crippen LogP) is 3.71. The van der Waals surface area contributed by atoms with Crippen molar-refractivity contribution >= 4 is 5.91 Å². The van der Waals surface area contributed by atoms with E-state index in [1.54, 1.807) is 0 Å². The number of benzene rings is 2. The van der Waals surface area contributed by atoms with Crippen LogP contribution in [0.25, 0.3) is 0 Å². The number of carbonyl (C=O) groups is 1. The Morgan fingerprint density at radius 2 is 1.41 bits per heavy atom. The number of rotatable bonds is 6. The lowest BCUT2D eigenvalue weighted by Crippen LogP contribution is -2.52. The summed E-state index contributed by atoms with van der Waals surface area (Å²) in [6.45, 7) is 7.40. The average Bonchev–Trinajstić information content (AvgIpc) is 3.34. The van der Waals surface area contributed by atoms with Crippen molar-refractivity contribution in [3.8, 4) is 0 Å². The standard InChI is InChI=1S/C25H32N2O2/c1-21(26-16-18-29-19-17-26)20-25(22-10-4-2-5-11-22,23-12-6-3-7-13-23)24(28)27-14-8-9-15-27/h2-7,10-13,21H,8-9,14-20H2,1H3. The molecule has 2 saturated heterocycles. The lowest BCUT2D eigenvalue weighted by molar-refractivity contribution is -0.135. The molecule has 2 aliphatic heterocycles. The molecule has 2 aliphatic rings. The Balaban J connectivity index is 1.79. The average molecular weight is 393 g/mol. The molecule has 1 atom stereocenters. The smallest absolute Gasteiger partial charge is 0.237 e. The summed E-state index contributed by atoms with van der Waals surface area (Å²) in [5, 5.41) is 0. The quantitative estimate of drug-likeness (QED) is 0.751. The first-order valence-corrected chi connectivity index (χ1v) is 10.9. The normalized spacial score (nSPS) is 19.3. The lowest BCUT2D eigenvalue weighted by atomic mass is 9.69. The van der Waals surface area contributed by atoms with Crippen LogP contribution in [0.4, 0.5) is 0 Å². The van der Waals surface area contributed by atoms with Crippen LogP contribution in [0.15, 0.2) is 60.7 Å². The number of likely N-dealkylation sites (tertiary alicyclic amines) is 1. The summed E-state index contributed by atoms with van der Waals surface area (Å²) in [6, 6.07) is 21.1. The molecule has 2 fully saturated rings. The van der Waals surface area contributed by atoms with Crippen LogP contribution in [-0.2, 0) is 14.9 Å². The topological polar surface area (TPSA) is 32.8 Å². The Hall–Kier alpha value is -2.17. The van der Waals surface area contributed by atoms with Crippen molar-refractivity contribution in [3.63, 3.8) is 0 Å². The van der Waals surface area contributed by atoms with E-state index in [0.717, 1.165) is 69.8 Å². The van der Waals surface area contributed by atoms with E-state index in [-0.39, 0.29) is 11.9 Å². The number of hydrogen-bond acceptors (Lipinski definition) is 3. The van der Waals surface area contributed by atoms with E-state index in [9.17, 15) is 4.79 Å². The second-order valence-corrected chi connectivity index (χ2v) is 8.34. The van der Waals surface area contributed by atoms with Crippen LogP contribution in [0, 0.1) is 0 Å². The second kappa shape index (κ2) is 9.10. The Morgan fingerprint density at radius 3 is 1.93 bits per heavy atom. The molecule has 0 N–H and O–H groups in total. The van der Waals surface area contributed by atoms with Gasteiger partial charge in [0.2, 0.25) is 5.91 Å². The predicted molar refractivity (Wildman–Crippen MR) is 116 cm³/mol. The van der Waals surface area contributed by atoms with Gasteiger partial charge in [-0.05, 0) is 37.3 Å². The molecule has 4 rings (SSSR count). The summed E-state index contributed by atoms with van der Waals surface area (Å²) >= 11 is 0. The second-order valence-electron chi connectivity index (χ2n) is 8.34. The Morgan fingerprint density at radius 1 is 0.897 bits per heavy atom. The maximum atomic E-state index is 14.2. The maximum Gasteiger partial charge on any atom is 0.237 e. The van der Waals surface area contributed by atoms with Crippen LogP contribution in [-0.4, -0.2) is 61.1 Å². The zero-order valence-corrected chi connectivity index (χ0v) is 17.4. The third-order valence-corrected chi connectivity index (χ3v) is 6.56. The molecule has 29 heavy (non-hydrogen) atoms. The van der Waals surface area contributed by atoms with Gasteiger partial charge in [0, 0.05) is 32.2 Å². The number of nitrogens with zero attached hydrogens (tertiary/aromatic N) is 2. The van der Waals surface area contributed by atoms with Crippen LogP contribution in [0.2, 0.25) is 0 Å². The van der Waals surface area contributed by atoms with Crippen molar-refractivity contribution in [1.29, 1.82) is 0 Å². The van der Waals surface area contributed by atoms with Crippen LogP contribution >= 0.6 is 0 Å². The molecule has 1 unspecified atom stereocenters. The molecule has 2 aromatic rings. The number of carbonyl (C=O) groups excluding carboxylic acids is 1. The summed E-state index contributed by atoms with van der Waals surface area (Å²) in [6.07, 6.45) is 2.98. The van der Waals surface area contributed by atoms with Crippen molar-refractivity contribution in [2.24, 2.45) is 0 Å². The van der Waals surface area contributed by atoms with Crippen molar-refractivity contribution in [1.82, 2.24) is 9.80 Å². The molecular formula is C25H32N2O2. The van der Waals surface area contributed by atoms with E-state index in [4.69, 9.17) is 4.74 Å².